The Hall–Kier alpha value is -1.66. The van der Waals surface area contributed by atoms with Crippen molar-refractivity contribution in [2.75, 3.05) is 13.1 Å². The van der Waals surface area contributed by atoms with Gasteiger partial charge < -0.3 is 0 Å². The molecule has 0 bridgehead atoms. The van der Waals surface area contributed by atoms with Gasteiger partial charge in [-0.1, -0.05) is 18.0 Å². The quantitative estimate of drug-likeness (QED) is 0.682. The van der Waals surface area contributed by atoms with Crippen LogP contribution in [0, 0.1) is 10.1 Å². The number of hydrogen-bond donors (Lipinski definition) is 1. The number of hydrogen-bond acceptors (Lipinski definition) is 4. The molecule has 1 aromatic rings. The summed E-state index contributed by atoms with van der Waals surface area (Å²) >= 11 is 5.70. The Morgan fingerprint density at radius 1 is 1.32 bits per heavy atom. The van der Waals surface area contributed by atoms with Gasteiger partial charge in [-0.3, -0.25) is 20.3 Å². The van der Waals surface area contributed by atoms with E-state index < -0.39 is 4.92 Å². The molecule has 2 rings (SSSR count). The summed E-state index contributed by atoms with van der Waals surface area (Å²) in [6.07, 6.45) is 3.25. The molecule has 1 aromatic carbocycles. The lowest BCUT2D eigenvalue weighted by Gasteiger charge is -2.26. The molecule has 0 unspecified atom stereocenters. The second-order valence-electron chi connectivity index (χ2n) is 4.41. The van der Waals surface area contributed by atoms with Gasteiger partial charge in [-0.15, -0.1) is 0 Å². The van der Waals surface area contributed by atoms with Gasteiger partial charge in [0.15, 0.2) is 0 Å². The molecule has 1 aliphatic rings. The number of hydrazine groups is 1. The Morgan fingerprint density at radius 3 is 2.63 bits per heavy atom. The van der Waals surface area contributed by atoms with Crippen LogP contribution in [0.5, 0.6) is 0 Å². The van der Waals surface area contributed by atoms with Gasteiger partial charge in [-0.2, -0.15) is 0 Å². The minimum atomic E-state index is -0.597. The van der Waals surface area contributed by atoms with Gasteiger partial charge in [0.05, 0.1) is 4.92 Å². The minimum absolute atomic E-state index is 0.0273. The molecule has 19 heavy (non-hydrogen) atoms. The van der Waals surface area contributed by atoms with Gasteiger partial charge >= 0.3 is 0 Å². The van der Waals surface area contributed by atoms with Crippen molar-refractivity contribution in [3.63, 3.8) is 0 Å². The van der Waals surface area contributed by atoms with E-state index in [-0.39, 0.29) is 22.2 Å². The first-order valence-electron chi connectivity index (χ1n) is 6.08. The largest absolute Gasteiger partial charge is 0.288 e. The van der Waals surface area contributed by atoms with E-state index in [2.05, 4.69) is 5.43 Å². The van der Waals surface area contributed by atoms with Crippen LogP contribution in [0.2, 0.25) is 5.02 Å². The number of nitrogens with one attached hydrogen (secondary N) is 1. The molecule has 1 N–H and O–H groups in total. The van der Waals surface area contributed by atoms with Gasteiger partial charge in [0, 0.05) is 24.7 Å². The van der Waals surface area contributed by atoms with Gasteiger partial charge in [0.25, 0.3) is 11.6 Å². The van der Waals surface area contributed by atoms with Crippen molar-refractivity contribution in [3.05, 3.63) is 38.9 Å². The summed E-state index contributed by atoms with van der Waals surface area (Å²) in [6, 6.07) is 4.04. The Balaban J connectivity index is 2.10. The van der Waals surface area contributed by atoms with Crippen LogP contribution in [0.3, 0.4) is 0 Å². The maximum Gasteiger partial charge on any atom is 0.288 e. The SMILES string of the molecule is O=C(NN1CCCCC1)c1ccc(Cl)c([N+](=O)[O-])c1. The maximum atomic E-state index is 12.0. The summed E-state index contributed by atoms with van der Waals surface area (Å²) in [5.74, 6) is -0.346. The minimum Gasteiger partial charge on any atom is -0.285 e. The lowest BCUT2D eigenvalue weighted by atomic mass is 10.1. The van der Waals surface area contributed by atoms with Crippen molar-refractivity contribution >= 4 is 23.2 Å². The molecule has 0 radical (unpaired) electrons. The van der Waals surface area contributed by atoms with Crippen molar-refractivity contribution in [1.82, 2.24) is 10.4 Å². The average Bonchev–Trinajstić information content (AvgIpc) is 2.40. The van der Waals surface area contributed by atoms with Crippen LogP contribution in [-0.2, 0) is 0 Å². The zero-order valence-corrected chi connectivity index (χ0v) is 11.0. The Bertz CT molecular complexity index is 501. The molecule has 0 saturated carbocycles. The molecule has 1 aliphatic heterocycles. The van der Waals surface area contributed by atoms with Crippen molar-refractivity contribution in [2.45, 2.75) is 19.3 Å². The zero-order valence-electron chi connectivity index (χ0n) is 10.3. The molecule has 0 spiro atoms. The molecule has 1 fully saturated rings. The first-order chi connectivity index (χ1) is 9.08. The highest BCUT2D eigenvalue weighted by Crippen LogP contribution is 2.25. The number of nitrogens with zero attached hydrogens (tertiary/aromatic N) is 2. The van der Waals surface area contributed by atoms with E-state index >= 15 is 0 Å². The van der Waals surface area contributed by atoms with E-state index in [1.54, 1.807) is 0 Å². The van der Waals surface area contributed by atoms with Crippen molar-refractivity contribution in [3.8, 4) is 0 Å². The van der Waals surface area contributed by atoms with Crippen LogP contribution < -0.4 is 5.43 Å². The van der Waals surface area contributed by atoms with Crippen LogP contribution >= 0.6 is 11.6 Å². The van der Waals surface area contributed by atoms with Gasteiger partial charge in [-0.25, -0.2) is 5.01 Å². The number of nitro benzene ring substituents is 1. The summed E-state index contributed by atoms with van der Waals surface area (Å²) in [4.78, 5) is 22.1. The van der Waals surface area contributed by atoms with Crippen molar-refractivity contribution in [2.24, 2.45) is 0 Å². The second kappa shape index (κ2) is 5.99. The van der Waals surface area contributed by atoms with Crippen molar-refractivity contribution < 1.29 is 9.72 Å². The van der Waals surface area contributed by atoms with E-state index in [1.165, 1.54) is 24.6 Å². The highest BCUT2D eigenvalue weighted by atomic mass is 35.5. The molecule has 1 saturated heterocycles. The Kier molecular flexibility index (Phi) is 4.34. The van der Waals surface area contributed by atoms with Gasteiger partial charge in [0.1, 0.15) is 5.02 Å². The molecule has 7 heteroatoms. The molecule has 0 atom stereocenters. The number of halogens is 1. The highest BCUT2D eigenvalue weighted by Gasteiger charge is 2.18. The normalized spacial score (nSPS) is 16.1. The van der Waals surface area contributed by atoms with Crippen LogP contribution in [0.4, 0.5) is 5.69 Å². The molecule has 102 valence electrons. The number of rotatable bonds is 3. The lowest BCUT2D eigenvalue weighted by Crippen LogP contribution is -2.45. The molecular weight excluding hydrogens is 270 g/mol. The second-order valence-corrected chi connectivity index (χ2v) is 4.82. The van der Waals surface area contributed by atoms with Crippen LogP contribution in [0.1, 0.15) is 29.6 Å². The maximum absolute atomic E-state index is 12.0. The average molecular weight is 284 g/mol. The Labute approximate surface area is 115 Å². The van der Waals surface area contributed by atoms with E-state index in [9.17, 15) is 14.9 Å². The van der Waals surface area contributed by atoms with Gasteiger partial charge in [0.2, 0.25) is 0 Å². The fourth-order valence-corrected chi connectivity index (χ4v) is 2.19. The first-order valence-corrected chi connectivity index (χ1v) is 6.45. The van der Waals surface area contributed by atoms with Crippen LogP contribution in [0.25, 0.3) is 0 Å². The standard InChI is InChI=1S/C12H14ClN3O3/c13-10-5-4-9(8-11(10)16(18)19)12(17)14-15-6-2-1-3-7-15/h4-5,8H,1-3,6-7H2,(H,14,17). The number of amides is 1. The summed E-state index contributed by atoms with van der Waals surface area (Å²) in [5.41, 5.74) is 2.73. The number of nitro groups is 1. The van der Waals surface area contributed by atoms with E-state index in [0.717, 1.165) is 25.9 Å². The van der Waals surface area contributed by atoms with E-state index in [1.807, 2.05) is 5.01 Å². The number of piperidine rings is 1. The topological polar surface area (TPSA) is 75.5 Å². The molecule has 0 aromatic heterocycles. The smallest absolute Gasteiger partial charge is 0.285 e. The predicted octanol–water partition coefficient (Wildman–Crippen LogP) is 2.38. The lowest BCUT2D eigenvalue weighted by molar-refractivity contribution is -0.384. The summed E-state index contributed by atoms with van der Waals surface area (Å²) < 4.78 is 0. The third kappa shape index (κ3) is 3.42. The highest BCUT2D eigenvalue weighted by molar-refractivity contribution is 6.32. The number of carbonyl (C=O) groups is 1. The first kappa shape index (κ1) is 13.8. The molecule has 1 amide bonds. The summed E-state index contributed by atoms with van der Waals surface area (Å²) in [5, 5.41) is 12.6. The van der Waals surface area contributed by atoms with Crippen LogP contribution in [-0.4, -0.2) is 28.9 Å². The molecule has 6 nitrogen and oxygen atoms in total. The number of carbonyl (C=O) groups excluding carboxylic acids is 1. The fraction of sp³-hybridized carbons (Fsp3) is 0.417. The predicted molar refractivity (Wildman–Crippen MR) is 71.0 cm³/mol. The summed E-state index contributed by atoms with van der Waals surface area (Å²) in [6.45, 7) is 1.61. The number of benzene rings is 1. The molecule has 1 heterocycles. The molecule has 0 aliphatic carbocycles. The van der Waals surface area contributed by atoms with Crippen LogP contribution in [0.15, 0.2) is 18.2 Å². The van der Waals surface area contributed by atoms with E-state index in [4.69, 9.17) is 11.6 Å². The van der Waals surface area contributed by atoms with Crippen molar-refractivity contribution in [1.29, 1.82) is 0 Å². The fourth-order valence-electron chi connectivity index (χ4n) is 2.01. The monoisotopic (exact) mass is 283 g/mol. The summed E-state index contributed by atoms with van der Waals surface area (Å²) in [7, 11) is 0. The zero-order chi connectivity index (χ0) is 13.8. The third-order valence-corrected chi connectivity index (χ3v) is 3.34. The third-order valence-electron chi connectivity index (χ3n) is 3.02. The molecular formula is C12H14ClN3O3. The Morgan fingerprint density at radius 2 is 2.00 bits per heavy atom. The van der Waals surface area contributed by atoms with Gasteiger partial charge in [-0.05, 0) is 25.0 Å². The van der Waals surface area contributed by atoms with E-state index in [0.29, 0.717) is 0 Å².